The van der Waals surface area contributed by atoms with Crippen molar-refractivity contribution in [2.24, 2.45) is 5.73 Å². The van der Waals surface area contributed by atoms with Crippen LogP contribution in [0.15, 0.2) is 34.8 Å². The largest absolute Gasteiger partial charge is 0.328 e. The van der Waals surface area contributed by atoms with Gasteiger partial charge in [-0.15, -0.1) is 0 Å². The van der Waals surface area contributed by atoms with Crippen LogP contribution in [-0.2, 0) is 6.42 Å². The Bertz CT molecular complexity index is 480. The topological polar surface area (TPSA) is 38.9 Å². The molecule has 15 heavy (non-hydrogen) atoms. The van der Waals surface area contributed by atoms with E-state index in [0.29, 0.717) is 0 Å². The first-order valence-corrected chi connectivity index (χ1v) is 5.76. The summed E-state index contributed by atoms with van der Waals surface area (Å²) in [4.78, 5) is 4.59. The van der Waals surface area contributed by atoms with Crippen molar-refractivity contribution in [1.29, 1.82) is 0 Å². The molecular weight excluding hydrogens is 252 g/mol. The van der Waals surface area contributed by atoms with Crippen molar-refractivity contribution in [3.63, 3.8) is 0 Å². The van der Waals surface area contributed by atoms with E-state index < -0.39 is 0 Å². The average molecular weight is 265 g/mol. The van der Waals surface area contributed by atoms with Gasteiger partial charge in [-0.2, -0.15) is 0 Å². The van der Waals surface area contributed by atoms with Gasteiger partial charge in [0.25, 0.3) is 0 Å². The van der Waals surface area contributed by atoms with Gasteiger partial charge in [-0.1, -0.05) is 18.2 Å². The van der Waals surface area contributed by atoms with Crippen molar-refractivity contribution in [2.75, 3.05) is 0 Å². The molecule has 0 aliphatic carbocycles. The lowest BCUT2D eigenvalue weighted by Crippen LogP contribution is -2.18. The third-order valence-electron chi connectivity index (χ3n) is 2.26. The van der Waals surface area contributed by atoms with E-state index >= 15 is 0 Å². The average Bonchev–Trinajstić information content (AvgIpc) is 2.18. The fraction of sp³-hybridized carbons (Fsp3) is 0.250. The second-order valence-corrected chi connectivity index (χ2v) is 4.65. The number of fused-ring (bicyclic) bond motifs is 1. The van der Waals surface area contributed by atoms with Crippen LogP contribution in [0.4, 0.5) is 0 Å². The van der Waals surface area contributed by atoms with Gasteiger partial charge in [0.1, 0.15) is 0 Å². The predicted molar refractivity (Wildman–Crippen MR) is 66.8 cm³/mol. The lowest BCUT2D eigenvalue weighted by molar-refractivity contribution is 0.724. The second kappa shape index (κ2) is 4.29. The first-order chi connectivity index (χ1) is 7.16. The van der Waals surface area contributed by atoms with E-state index in [9.17, 15) is 0 Å². The van der Waals surface area contributed by atoms with Gasteiger partial charge in [-0.25, -0.2) is 0 Å². The molecule has 3 heteroatoms. The van der Waals surface area contributed by atoms with Gasteiger partial charge in [-0.3, -0.25) is 4.98 Å². The van der Waals surface area contributed by atoms with Crippen LogP contribution < -0.4 is 5.73 Å². The molecule has 0 aliphatic rings. The SMILES string of the molecule is CC(N)Cc1ccc2cccc(Br)c2n1. The smallest absolute Gasteiger partial charge is 0.0847 e. The van der Waals surface area contributed by atoms with E-state index in [2.05, 4.69) is 33.0 Å². The van der Waals surface area contributed by atoms with Crippen molar-refractivity contribution in [2.45, 2.75) is 19.4 Å². The minimum atomic E-state index is 0.150. The molecule has 2 rings (SSSR count). The van der Waals surface area contributed by atoms with Gasteiger partial charge in [0.2, 0.25) is 0 Å². The summed E-state index contributed by atoms with van der Waals surface area (Å²) in [7, 11) is 0. The highest BCUT2D eigenvalue weighted by Crippen LogP contribution is 2.22. The zero-order valence-electron chi connectivity index (χ0n) is 8.57. The van der Waals surface area contributed by atoms with Crippen molar-refractivity contribution in [3.8, 4) is 0 Å². The number of hydrogen-bond acceptors (Lipinski definition) is 2. The maximum atomic E-state index is 5.75. The van der Waals surface area contributed by atoms with Crippen LogP contribution in [0.1, 0.15) is 12.6 Å². The predicted octanol–water partition coefficient (Wildman–Crippen LogP) is 2.89. The number of benzene rings is 1. The molecule has 0 bridgehead atoms. The van der Waals surface area contributed by atoms with E-state index in [-0.39, 0.29) is 6.04 Å². The molecule has 1 aromatic heterocycles. The number of pyridine rings is 1. The molecule has 2 N–H and O–H groups in total. The lowest BCUT2D eigenvalue weighted by atomic mass is 10.1. The zero-order chi connectivity index (χ0) is 10.8. The Hall–Kier alpha value is -0.930. The van der Waals surface area contributed by atoms with Crippen LogP contribution in [-0.4, -0.2) is 11.0 Å². The van der Waals surface area contributed by atoms with Gasteiger partial charge < -0.3 is 5.73 Å². The van der Waals surface area contributed by atoms with E-state index in [4.69, 9.17) is 5.73 Å². The maximum Gasteiger partial charge on any atom is 0.0847 e. The molecule has 0 spiro atoms. The fourth-order valence-corrected chi connectivity index (χ4v) is 2.07. The number of para-hydroxylation sites is 1. The Morgan fingerprint density at radius 2 is 2.13 bits per heavy atom. The summed E-state index contributed by atoms with van der Waals surface area (Å²) in [6, 6.07) is 10.4. The molecule has 78 valence electrons. The highest BCUT2D eigenvalue weighted by molar-refractivity contribution is 9.10. The van der Waals surface area contributed by atoms with Crippen molar-refractivity contribution in [1.82, 2.24) is 4.98 Å². The quantitative estimate of drug-likeness (QED) is 0.906. The summed E-state index contributed by atoms with van der Waals surface area (Å²) in [6.07, 6.45) is 0.817. The van der Waals surface area contributed by atoms with Crippen LogP contribution >= 0.6 is 15.9 Å². The fourth-order valence-electron chi connectivity index (χ4n) is 1.59. The minimum Gasteiger partial charge on any atom is -0.328 e. The standard InChI is InChI=1S/C12H13BrN2/c1-8(14)7-10-6-5-9-3-2-4-11(13)12(9)15-10/h2-6,8H,7,14H2,1H3. The third kappa shape index (κ3) is 2.36. The molecule has 2 aromatic rings. The molecule has 1 unspecified atom stereocenters. The van der Waals surface area contributed by atoms with Crippen molar-refractivity contribution >= 4 is 26.8 Å². The molecular formula is C12H13BrN2. The Morgan fingerprint density at radius 3 is 2.87 bits per heavy atom. The summed E-state index contributed by atoms with van der Waals surface area (Å²) in [5.74, 6) is 0. The Balaban J connectivity index is 2.50. The normalized spacial score (nSPS) is 13.0. The Kier molecular flexibility index (Phi) is 3.03. The number of nitrogens with zero attached hydrogens (tertiary/aromatic N) is 1. The third-order valence-corrected chi connectivity index (χ3v) is 2.90. The number of nitrogens with two attached hydrogens (primary N) is 1. The number of rotatable bonds is 2. The van der Waals surface area contributed by atoms with Crippen LogP contribution in [0.3, 0.4) is 0 Å². The van der Waals surface area contributed by atoms with E-state index in [1.54, 1.807) is 0 Å². The van der Waals surface area contributed by atoms with Gasteiger partial charge >= 0.3 is 0 Å². The van der Waals surface area contributed by atoms with E-state index in [1.807, 2.05) is 25.1 Å². The molecule has 1 heterocycles. The summed E-state index contributed by atoms with van der Waals surface area (Å²) in [5.41, 5.74) is 7.81. The Labute approximate surface area is 97.6 Å². The summed E-state index contributed by atoms with van der Waals surface area (Å²) in [6.45, 7) is 1.99. The highest BCUT2D eigenvalue weighted by atomic mass is 79.9. The first-order valence-electron chi connectivity index (χ1n) is 4.96. The number of aromatic nitrogens is 1. The number of hydrogen-bond donors (Lipinski definition) is 1. The van der Waals surface area contributed by atoms with Crippen molar-refractivity contribution < 1.29 is 0 Å². The molecule has 0 radical (unpaired) electrons. The molecule has 0 saturated carbocycles. The van der Waals surface area contributed by atoms with E-state index in [1.165, 1.54) is 0 Å². The van der Waals surface area contributed by atoms with Gasteiger partial charge in [0.15, 0.2) is 0 Å². The molecule has 0 aliphatic heterocycles. The summed E-state index contributed by atoms with van der Waals surface area (Å²) >= 11 is 3.50. The van der Waals surface area contributed by atoms with Crippen LogP contribution in [0.5, 0.6) is 0 Å². The summed E-state index contributed by atoms with van der Waals surface area (Å²) in [5, 5.41) is 1.15. The number of halogens is 1. The molecule has 2 nitrogen and oxygen atoms in total. The molecule has 0 amide bonds. The van der Waals surface area contributed by atoms with Crippen molar-refractivity contribution in [3.05, 3.63) is 40.5 Å². The molecule has 1 atom stereocenters. The van der Waals surface area contributed by atoms with Gasteiger partial charge in [0.05, 0.1) is 5.52 Å². The van der Waals surface area contributed by atoms with Crippen LogP contribution in [0.2, 0.25) is 0 Å². The minimum absolute atomic E-state index is 0.150. The van der Waals surface area contributed by atoms with E-state index in [0.717, 1.165) is 27.5 Å². The zero-order valence-corrected chi connectivity index (χ0v) is 10.2. The summed E-state index contributed by atoms with van der Waals surface area (Å²) < 4.78 is 1.03. The van der Waals surface area contributed by atoms with Gasteiger partial charge in [-0.05, 0) is 35.0 Å². The van der Waals surface area contributed by atoms with Gasteiger partial charge in [0, 0.05) is 28.0 Å². The highest BCUT2D eigenvalue weighted by Gasteiger charge is 2.03. The van der Waals surface area contributed by atoms with Crippen LogP contribution in [0.25, 0.3) is 10.9 Å². The molecule has 0 saturated heterocycles. The molecule has 0 fully saturated rings. The first kappa shape index (κ1) is 10.6. The monoisotopic (exact) mass is 264 g/mol. The van der Waals surface area contributed by atoms with Crippen LogP contribution in [0, 0.1) is 0 Å². The Morgan fingerprint density at radius 1 is 1.33 bits per heavy atom. The molecule has 1 aromatic carbocycles. The lowest BCUT2D eigenvalue weighted by Gasteiger charge is -2.06. The second-order valence-electron chi connectivity index (χ2n) is 3.80. The maximum absolute atomic E-state index is 5.75.